The molecule has 186 valence electrons. The summed E-state index contributed by atoms with van der Waals surface area (Å²) in [5.74, 6) is 0.441. The number of nitrogens with one attached hydrogen (secondary N) is 1. The number of halogens is 1. The minimum absolute atomic E-state index is 0.158. The summed E-state index contributed by atoms with van der Waals surface area (Å²) in [6, 6.07) is 23.0. The lowest BCUT2D eigenvalue weighted by Gasteiger charge is -2.20. The van der Waals surface area contributed by atoms with E-state index in [4.69, 9.17) is 14.6 Å². The van der Waals surface area contributed by atoms with Crippen molar-refractivity contribution in [2.24, 2.45) is 0 Å². The Hall–Kier alpha value is -3.86. The zero-order chi connectivity index (χ0) is 25.8. The van der Waals surface area contributed by atoms with E-state index in [1.807, 2.05) is 41.1 Å². The van der Waals surface area contributed by atoms with Gasteiger partial charge in [-0.2, -0.15) is 0 Å². The number of carbonyl (C=O) groups excluding carboxylic acids is 1. The summed E-state index contributed by atoms with van der Waals surface area (Å²) in [5, 5.41) is 11.5. The molecule has 36 heavy (non-hydrogen) atoms. The van der Waals surface area contributed by atoms with Crippen LogP contribution in [0.2, 0.25) is 0 Å². The molecule has 1 amide bonds. The molecular formula is C27H26IN3O5. The normalized spacial score (nSPS) is 10.9. The molecule has 4 rings (SSSR count). The van der Waals surface area contributed by atoms with Crippen molar-refractivity contribution in [3.8, 4) is 11.5 Å². The number of carboxylic acid groups (broad SMARTS) is 1. The van der Waals surface area contributed by atoms with Gasteiger partial charge >= 0.3 is 5.97 Å². The number of ether oxygens (including phenoxy) is 2. The first-order chi connectivity index (χ1) is 17.4. The minimum atomic E-state index is -0.878. The fraction of sp³-hybridized carbons (Fsp3) is 0.148. The number of amides is 1. The molecule has 0 bridgehead atoms. The van der Waals surface area contributed by atoms with Crippen LogP contribution < -0.4 is 14.8 Å². The van der Waals surface area contributed by atoms with Crippen LogP contribution in [0.4, 0.5) is 0 Å². The van der Waals surface area contributed by atoms with Crippen molar-refractivity contribution in [1.82, 2.24) is 14.9 Å². The second kappa shape index (κ2) is 13.9. The van der Waals surface area contributed by atoms with Crippen LogP contribution in [0, 0.1) is 3.57 Å². The Bertz CT molecular complexity index is 1210. The van der Waals surface area contributed by atoms with Crippen LogP contribution in [-0.2, 0) is 6.54 Å². The van der Waals surface area contributed by atoms with Gasteiger partial charge in [0.2, 0.25) is 0 Å². The molecule has 9 heteroatoms. The Morgan fingerprint density at radius 2 is 1.64 bits per heavy atom. The van der Waals surface area contributed by atoms with Crippen molar-refractivity contribution >= 4 is 34.5 Å². The lowest BCUT2D eigenvalue weighted by molar-refractivity contribution is 0.0696. The van der Waals surface area contributed by atoms with E-state index < -0.39 is 5.97 Å². The quantitative estimate of drug-likeness (QED) is 0.269. The molecule has 0 fully saturated rings. The van der Waals surface area contributed by atoms with Crippen molar-refractivity contribution in [3.05, 3.63) is 112 Å². The number of nitrogens with zero attached hydrogens (tertiary/aromatic N) is 2. The topological polar surface area (TPSA) is 103 Å². The predicted octanol–water partition coefficient (Wildman–Crippen LogP) is 4.76. The molecule has 0 radical (unpaired) electrons. The van der Waals surface area contributed by atoms with Crippen molar-refractivity contribution in [3.63, 3.8) is 0 Å². The van der Waals surface area contributed by atoms with Gasteiger partial charge in [0.1, 0.15) is 18.1 Å². The minimum Gasteiger partial charge on any atom is -0.497 e. The third-order valence-electron chi connectivity index (χ3n) is 4.96. The van der Waals surface area contributed by atoms with Crippen molar-refractivity contribution in [2.75, 3.05) is 13.7 Å². The third kappa shape index (κ3) is 8.73. The molecule has 1 unspecified atom stereocenters. The fourth-order valence-corrected chi connectivity index (χ4v) is 3.47. The molecule has 0 spiro atoms. The third-order valence-corrected chi connectivity index (χ3v) is 5.68. The Kier molecular flexibility index (Phi) is 10.3. The second-order valence-electron chi connectivity index (χ2n) is 7.59. The van der Waals surface area contributed by atoms with Gasteiger partial charge in [-0.25, -0.2) is 9.78 Å². The summed E-state index contributed by atoms with van der Waals surface area (Å²) < 4.78 is 13.9. The second-order valence-corrected chi connectivity index (χ2v) is 8.84. The Balaban J connectivity index is 0.000000303. The number of aromatic nitrogens is 2. The largest absolute Gasteiger partial charge is 0.497 e. The number of rotatable bonds is 9. The van der Waals surface area contributed by atoms with Gasteiger partial charge in [-0.1, -0.05) is 18.2 Å². The molecule has 1 heterocycles. The van der Waals surface area contributed by atoms with E-state index in [0.29, 0.717) is 30.0 Å². The van der Waals surface area contributed by atoms with Crippen LogP contribution in [0.15, 0.2) is 97.6 Å². The highest BCUT2D eigenvalue weighted by atomic mass is 127. The summed E-state index contributed by atoms with van der Waals surface area (Å²) >= 11 is 2.13. The maximum absolute atomic E-state index is 12.6. The molecule has 0 aliphatic carbocycles. The smallest absolute Gasteiger partial charge is 0.335 e. The van der Waals surface area contributed by atoms with Gasteiger partial charge < -0.3 is 24.5 Å². The van der Waals surface area contributed by atoms with E-state index in [2.05, 4.69) is 32.9 Å². The van der Waals surface area contributed by atoms with Crippen LogP contribution in [0.5, 0.6) is 11.5 Å². The lowest BCUT2D eigenvalue weighted by Crippen LogP contribution is -2.42. The number of hydrogen-bond donors (Lipinski definition) is 2. The van der Waals surface area contributed by atoms with E-state index in [9.17, 15) is 9.59 Å². The average molecular weight is 599 g/mol. The van der Waals surface area contributed by atoms with E-state index >= 15 is 0 Å². The van der Waals surface area contributed by atoms with E-state index in [-0.39, 0.29) is 11.9 Å². The maximum atomic E-state index is 12.6. The van der Waals surface area contributed by atoms with E-state index in [1.165, 1.54) is 0 Å². The number of methoxy groups -OCH3 is 1. The molecule has 8 nitrogen and oxygen atoms in total. The first-order valence-electron chi connectivity index (χ1n) is 11.0. The van der Waals surface area contributed by atoms with Crippen molar-refractivity contribution in [1.29, 1.82) is 0 Å². The highest BCUT2D eigenvalue weighted by Gasteiger charge is 2.15. The predicted molar refractivity (Wildman–Crippen MR) is 145 cm³/mol. The van der Waals surface area contributed by atoms with Crippen LogP contribution >= 0.6 is 22.6 Å². The SMILES string of the molecule is COc1ccc(C(=O)NC(COc2ccccc2)Cn2ccnc2)cc1.O=C(O)c1ccc(I)cc1. The van der Waals surface area contributed by atoms with Gasteiger partial charge in [0, 0.05) is 28.1 Å². The fourth-order valence-electron chi connectivity index (χ4n) is 3.11. The van der Waals surface area contributed by atoms with Crippen LogP contribution in [0.3, 0.4) is 0 Å². The zero-order valence-electron chi connectivity index (χ0n) is 19.6. The van der Waals surface area contributed by atoms with Crippen molar-refractivity contribution < 1.29 is 24.2 Å². The van der Waals surface area contributed by atoms with E-state index in [0.717, 1.165) is 9.32 Å². The Morgan fingerprint density at radius 1 is 0.972 bits per heavy atom. The highest BCUT2D eigenvalue weighted by Crippen LogP contribution is 2.12. The maximum Gasteiger partial charge on any atom is 0.335 e. The number of para-hydroxylation sites is 1. The molecule has 2 N–H and O–H groups in total. The van der Waals surface area contributed by atoms with E-state index in [1.54, 1.807) is 68.2 Å². The standard InChI is InChI=1S/C20H21N3O3.C7H5IO2/c1-25-18-9-7-16(8-10-18)20(24)22-17(13-23-12-11-21-15-23)14-26-19-5-3-2-4-6-19;8-6-3-1-5(2-4-6)7(9)10/h2-12,15,17H,13-14H2,1H3,(H,22,24);1-4H,(H,9,10). The number of carboxylic acids is 1. The number of hydrogen-bond acceptors (Lipinski definition) is 5. The Labute approximate surface area is 223 Å². The molecular weight excluding hydrogens is 573 g/mol. The summed E-state index contributed by atoms with van der Waals surface area (Å²) in [5.41, 5.74) is 0.904. The number of aromatic carboxylic acids is 1. The highest BCUT2D eigenvalue weighted by molar-refractivity contribution is 14.1. The van der Waals surface area contributed by atoms with Gasteiger partial charge in [-0.05, 0) is 83.3 Å². The summed E-state index contributed by atoms with van der Waals surface area (Å²) in [4.78, 5) is 26.9. The van der Waals surface area contributed by atoms with Gasteiger partial charge in [0.05, 0.1) is 25.0 Å². The molecule has 1 atom stereocenters. The van der Waals surface area contributed by atoms with Gasteiger partial charge in [0.25, 0.3) is 5.91 Å². The van der Waals surface area contributed by atoms with Crippen LogP contribution in [0.1, 0.15) is 20.7 Å². The molecule has 3 aromatic carbocycles. The first-order valence-corrected chi connectivity index (χ1v) is 12.1. The number of carbonyl (C=O) groups is 2. The van der Waals surface area contributed by atoms with Crippen LogP contribution in [0.25, 0.3) is 0 Å². The molecule has 0 aliphatic heterocycles. The summed E-state index contributed by atoms with van der Waals surface area (Å²) in [6.45, 7) is 0.915. The number of benzene rings is 3. The van der Waals surface area contributed by atoms with Gasteiger partial charge in [0.15, 0.2) is 0 Å². The Morgan fingerprint density at radius 3 is 2.22 bits per heavy atom. The van der Waals surface area contributed by atoms with Gasteiger partial charge in [-0.15, -0.1) is 0 Å². The molecule has 0 saturated carbocycles. The zero-order valence-corrected chi connectivity index (χ0v) is 21.7. The molecule has 0 saturated heterocycles. The summed E-state index contributed by atoms with van der Waals surface area (Å²) in [7, 11) is 1.59. The van der Waals surface area contributed by atoms with Crippen LogP contribution in [-0.4, -0.2) is 46.3 Å². The first kappa shape index (κ1) is 26.7. The molecule has 1 aromatic heterocycles. The van der Waals surface area contributed by atoms with Gasteiger partial charge in [-0.3, -0.25) is 4.79 Å². The summed E-state index contributed by atoms with van der Waals surface area (Å²) in [6.07, 6.45) is 5.28. The molecule has 4 aromatic rings. The lowest BCUT2D eigenvalue weighted by atomic mass is 10.2. The number of imidazole rings is 1. The molecule has 0 aliphatic rings. The monoisotopic (exact) mass is 599 g/mol. The average Bonchev–Trinajstić information content (AvgIpc) is 3.41. The van der Waals surface area contributed by atoms with Crippen molar-refractivity contribution in [2.45, 2.75) is 12.6 Å².